The predicted octanol–water partition coefficient (Wildman–Crippen LogP) is 1.61. The highest BCUT2D eigenvalue weighted by Crippen LogP contribution is 2.24. The largest absolute Gasteiger partial charge is 0.350 e. The first kappa shape index (κ1) is 15.4. The molecular formula is C16H16N4O2S. The van der Waals surface area contributed by atoms with E-state index in [9.17, 15) is 9.59 Å². The van der Waals surface area contributed by atoms with Crippen LogP contribution in [0.1, 0.15) is 19.5 Å². The van der Waals surface area contributed by atoms with Gasteiger partial charge in [-0.1, -0.05) is 19.1 Å². The Morgan fingerprint density at radius 2 is 2.09 bits per heavy atom. The molecule has 1 aromatic carbocycles. The topological polar surface area (TPSA) is 78.1 Å². The van der Waals surface area contributed by atoms with Crippen molar-refractivity contribution < 1.29 is 4.79 Å². The number of aromatic amines is 1. The highest BCUT2D eigenvalue weighted by atomic mass is 32.1. The maximum Gasteiger partial charge on any atom is 0.255 e. The van der Waals surface area contributed by atoms with E-state index in [0.717, 1.165) is 11.3 Å². The maximum absolute atomic E-state index is 12.2. The molecule has 1 aliphatic rings. The quantitative estimate of drug-likeness (QED) is 0.837. The summed E-state index contributed by atoms with van der Waals surface area (Å²) in [6.45, 7) is 3.71. The molecular weight excluding hydrogens is 312 g/mol. The number of hydrogen-bond acceptors (Lipinski definition) is 4. The number of benzene rings is 1. The number of aryl methyl sites for hydroxylation is 1. The van der Waals surface area contributed by atoms with Crippen molar-refractivity contribution >= 4 is 28.9 Å². The summed E-state index contributed by atoms with van der Waals surface area (Å²) in [6.07, 6.45) is 0.673. The van der Waals surface area contributed by atoms with Crippen LogP contribution in [0.25, 0.3) is 11.4 Å². The van der Waals surface area contributed by atoms with Crippen molar-refractivity contribution in [1.29, 1.82) is 0 Å². The smallest absolute Gasteiger partial charge is 0.255 e. The number of aromatic nitrogens is 2. The summed E-state index contributed by atoms with van der Waals surface area (Å²) in [4.78, 5) is 32.6. The third-order valence-electron chi connectivity index (χ3n) is 3.67. The summed E-state index contributed by atoms with van der Waals surface area (Å²) in [7, 11) is 0. The Kier molecular flexibility index (Phi) is 3.96. The van der Waals surface area contributed by atoms with Crippen LogP contribution in [0.5, 0.6) is 0 Å². The average molecular weight is 328 g/mol. The van der Waals surface area contributed by atoms with Crippen LogP contribution in [0.15, 0.2) is 35.1 Å². The minimum absolute atomic E-state index is 0.101. The van der Waals surface area contributed by atoms with Crippen molar-refractivity contribution in [3.05, 3.63) is 46.4 Å². The molecule has 1 aliphatic heterocycles. The Hall–Kier alpha value is -2.54. The summed E-state index contributed by atoms with van der Waals surface area (Å²) >= 11 is 5.22. The molecule has 0 radical (unpaired) electrons. The van der Waals surface area contributed by atoms with E-state index in [2.05, 4.69) is 15.3 Å². The number of amides is 1. The normalized spacial score (nSPS) is 17.5. The first-order chi connectivity index (χ1) is 11.0. The van der Waals surface area contributed by atoms with Gasteiger partial charge in [0.2, 0.25) is 0 Å². The van der Waals surface area contributed by atoms with E-state index >= 15 is 0 Å². The van der Waals surface area contributed by atoms with Gasteiger partial charge >= 0.3 is 0 Å². The lowest BCUT2D eigenvalue weighted by atomic mass is 10.1. The Bertz CT molecular complexity index is 846. The van der Waals surface area contributed by atoms with Crippen molar-refractivity contribution in [3.63, 3.8) is 0 Å². The predicted molar refractivity (Wildman–Crippen MR) is 92.4 cm³/mol. The van der Waals surface area contributed by atoms with Gasteiger partial charge < -0.3 is 10.3 Å². The van der Waals surface area contributed by atoms with Gasteiger partial charge in [0.1, 0.15) is 11.9 Å². The van der Waals surface area contributed by atoms with Crippen LogP contribution in [-0.2, 0) is 11.2 Å². The second-order valence-corrected chi connectivity index (χ2v) is 5.72. The molecule has 0 bridgehead atoms. The van der Waals surface area contributed by atoms with Crippen LogP contribution < -0.4 is 15.8 Å². The average Bonchev–Trinajstić information content (AvgIpc) is 2.79. The Labute approximate surface area is 138 Å². The summed E-state index contributed by atoms with van der Waals surface area (Å²) < 4.78 is 0. The van der Waals surface area contributed by atoms with Crippen molar-refractivity contribution in [2.75, 3.05) is 4.90 Å². The first-order valence-electron chi connectivity index (χ1n) is 7.34. The number of thiocarbonyl (C=S) groups is 1. The molecule has 1 fully saturated rings. The van der Waals surface area contributed by atoms with Gasteiger partial charge in [-0.2, -0.15) is 0 Å². The molecule has 2 aromatic rings. The number of hydrogen-bond donors (Lipinski definition) is 2. The summed E-state index contributed by atoms with van der Waals surface area (Å²) in [6, 6.07) is 8.38. The lowest BCUT2D eigenvalue weighted by Gasteiger charge is -2.15. The van der Waals surface area contributed by atoms with Crippen LogP contribution in [0.4, 0.5) is 5.69 Å². The molecule has 2 heterocycles. The van der Waals surface area contributed by atoms with E-state index in [4.69, 9.17) is 12.2 Å². The van der Waals surface area contributed by atoms with Crippen molar-refractivity contribution in [2.45, 2.75) is 26.3 Å². The van der Waals surface area contributed by atoms with Gasteiger partial charge in [0.25, 0.3) is 11.5 Å². The molecule has 118 valence electrons. The second kappa shape index (κ2) is 5.92. The van der Waals surface area contributed by atoms with Gasteiger partial charge in [0.15, 0.2) is 5.11 Å². The van der Waals surface area contributed by atoms with Crippen LogP contribution in [0.3, 0.4) is 0 Å². The zero-order valence-electron chi connectivity index (χ0n) is 12.8. The van der Waals surface area contributed by atoms with E-state index < -0.39 is 0 Å². The van der Waals surface area contributed by atoms with E-state index in [1.165, 1.54) is 11.0 Å². The van der Waals surface area contributed by atoms with E-state index in [-0.39, 0.29) is 17.5 Å². The van der Waals surface area contributed by atoms with Crippen molar-refractivity contribution in [1.82, 2.24) is 15.3 Å². The number of rotatable bonds is 3. The molecule has 0 aliphatic carbocycles. The number of carbonyl (C=O) groups excluding carboxylic acids is 1. The molecule has 1 atom stereocenters. The number of nitrogens with zero attached hydrogens (tertiary/aromatic N) is 2. The molecule has 0 saturated carbocycles. The minimum atomic E-state index is -0.340. The van der Waals surface area contributed by atoms with Gasteiger partial charge in [-0.25, -0.2) is 4.98 Å². The lowest BCUT2D eigenvalue weighted by molar-refractivity contribution is -0.117. The lowest BCUT2D eigenvalue weighted by Crippen LogP contribution is -2.30. The SMILES string of the molecule is CCc1cc(=O)[nH]c(-c2cccc(N3C(=O)[C@H](C)NC3=S)c2)n1. The molecule has 1 amide bonds. The van der Waals surface area contributed by atoms with Crippen LogP contribution in [-0.4, -0.2) is 27.0 Å². The third kappa shape index (κ3) is 2.87. The molecule has 0 spiro atoms. The molecule has 6 nitrogen and oxygen atoms in total. The molecule has 23 heavy (non-hydrogen) atoms. The fourth-order valence-electron chi connectivity index (χ4n) is 2.47. The Balaban J connectivity index is 2.04. The van der Waals surface area contributed by atoms with E-state index in [1.807, 2.05) is 19.1 Å². The van der Waals surface area contributed by atoms with Gasteiger partial charge in [0, 0.05) is 17.3 Å². The highest BCUT2D eigenvalue weighted by molar-refractivity contribution is 7.80. The molecule has 1 aromatic heterocycles. The van der Waals surface area contributed by atoms with Crippen LogP contribution in [0, 0.1) is 0 Å². The Morgan fingerprint density at radius 1 is 1.30 bits per heavy atom. The molecule has 1 saturated heterocycles. The first-order valence-corrected chi connectivity index (χ1v) is 7.75. The van der Waals surface area contributed by atoms with Crippen molar-refractivity contribution in [2.24, 2.45) is 0 Å². The monoisotopic (exact) mass is 328 g/mol. The number of nitrogens with one attached hydrogen (secondary N) is 2. The summed E-state index contributed by atoms with van der Waals surface area (Å²) in [5, 5.41) is 3.31. The van der Waals surface area contributed by atoms with Crippen LogP contribution in [0.2, 0.25) is 0 Å². The minimum Gasteiger partial charge on any atom is -0.350 e. The van der Waals surface area contributed by atoms with Gasteiger partial charge in [-0.15, -0.1) is 0 Å². The summed E-state index contributed by atoms with van der Waals surface area (Å²) in [5.41, 5.74) is 1.90. The fourth-order valence-corrected chi connectivity index (χ4v) is 2.84. The number of H-pyrrole nitrogens is 1. The molecule has 2 N–H and O–H groups in total. The standard InChI is InChI=1S/C16H16N4O2S/c1-3-11-8-13(21)19-14(18-11)10-5-4-6-12(7-10)20-15(22)9(2)17-16(20)23/h4-9H,3H2,1-2H3,(H,17,23)(H,18,19,21)/t9-/m0/s1. The van der Waals surface area contributed by atoms with Gasteiger partial charge in [0.05, 0.1) is 5.69 Å². The maximum atomic E-state index is 12.2. The fraction of sp³-hybridized carbons (Fsp3) is 0.250. The van der Waals surface area contributed by atoms with Gasteiger partial charge in [-0.3, -0.25) is 14.5 Å². The highest BCUT2D eigenvalue weighted by Gasteiger charge is 2.33. The Morgan fingerprint density at radius 3 is 2.74 bits per heavy atom. The molecule has 0 unspecified atom stereocenters. The zero-order chi connectivity index (χ0) is 16.6. The van der Waals surface area contributed by atoms with Crippen LogP contribution >= 0.6 is 12.2 Å². The van der Waals surface area contributed by atoms with E-state index in [1.54, 1.807) is 19.1 Å². The molecule has 3 rings (SSSR count). The zero-order valence-corrected chi connectivity index (χ0v) is 13.6. The summed E-state index contributed by atoms with van der Waals surface area (Å²) in [5.74, 6) is 0.380. The molecule has 7 heteroatoms. The van der Waals surface area contributed by atoms with Crippen molar-refractivity contribution in [3.8, 4) is 11.4 Å². The third-order valence-corrected chi connectivity index (χ3v) is 3.97. The van der Waals surface area contributed by atoms with Gasteiger partial charge in [-0.05, 0) is 37.7 Å². The second-order valence-electron chi connectivity index (χ2n) is 5.33. The number of carbonyl (C=O) groups is 1. The number of anilines is 1. The van der Waals surface area contributed by atoms with E-state index in [0.29, 0.717) is 23.0 Å².